The van der Waals surface area contributed by atoms with Crippen LogP contribution in [0.25, 0.3) is 0 Å². The summed E-state index contributed by atoms with van der Waals surface area (Å²) in [5.41, 5.74) is 2.36. The summed E-state index contributed by atoms with van der Waals surface area (Å²) in [6, 6.07) is 0. The van der Waals surface area contributed by atoms with Crippen LogP contribution in [0.2, 0.25) is 0 Å². The summed E-state index contributed by atoms with van der Waals surface area (Å²) in [6.07, 6.45) is 9.28. The van der Waals surface area contributed by atoms with Crippen molar-refractivity contribution in [3.63, 3.8) is 0 Å². The number of fused-ring (bicyclic) bond motifs is 1. The third-order valence-electron chi connectivity index (χ3n) is 4.63. The van der Waals surface area contributed by atoms with Crippen LogP contribution in [-0.2, 0) is 23.2 Å². The van der Waals surface area contributed by atoms with Gasteiger partial charge in [-0.3, -0.25) is 0 Å². The van der Waals surface area contributed by atoms with Crippen molar-refractivity contribution in [2.45, 2.75) is 57.0 Å². The van der Waals surface area contributed by atoms with Crippen LogP contribution in [0.15, 0.2) is 0 Å². The molecule has 0 saturated heterocycles. The molecule has 0 aromatic carbocycles. The van der Waals surface area contributed by atoms with Gasteiger partial charge in [0.25, 0.3) is 0 Å². The van der Waals surface area contributed by atoms with E-state index in [4.69, 9.17) is 14.7 Å². The standard InChI is InChI=1S/C15H23N3O/c1-16-13-11-7-4-3-5-8-12(11)17-14(18-13)15(19-2)9-6-10-15/h3-10H2,1-2H3,(H,16,17,18). The Kier molecular flexibility index (Phi) is 3.44. The zero-order valence-electron chi connectivity index (χ0n) is 12.0. The molecule has 0 radical (unpaired) electrons. The first-order valence-electron chi connectivity index (χ1n) is 7.42. The molecule has 1 N–H and O–H groups in total. The minimum atomic E-state index is -0.215. The zero-order chi connectivity index (χ0) is 13.3. The molecule has 2 aliphatic carbocycles. The Morgan fingerprint density at radius 1 is 1.05 bits per heavy atom. The smallest absolute Gasteiger partial charge is 0.162 e. The van der Waals surface area contributed by atoms with Crippen molar-refractivity contribution in [1.82, 2.24) is 9.97 Å². The molecular weight excluding hydrogens is 238 g/mol. The van der Waals surface area contributed by atoms with Gasteiger partial charge in [-0.25, -0.2) is 9.97 Å². The number of anilines is 1. The van der Waals surface area contributed by atoms with Crippen LogP contribution >= 0.6 is 0 Å². The fraction of sp³-hybridized carbons (Fsp3) is 0.733. The number of hydrogen-bond acceptors (Lipinski definition) is 4. The van der Waals surface area contributed by atoms with Crippen molar-refractivity contribution in [3.8, 4) is 0 Å². The van der Waals surface area contributed by atoms with Gasteiger partial charge in [-0.05, 0) is 44.9 Å². The van der Waals surface area contributed by atoms with E-state index in [1.165, 1.54) is 36.9 Å². The third-order valence-corrected chi connectivity index (χ3v) is 4.63. The highest BCUT2D eigenvalue weighted by molar-refractivity contribution is 5.47. The first kappa shape index (κ1) is 12.9. The number of methoxy groups -OCH3 is 1. The van der Waals surface area contributed by atoms with Gasteiger partial charge in [0.2, 0.25) is 0 Å². The molecule has 3 rings (SSSR count). The molecule has 104 valence electrons. The number of nitrogens with one attached hydrogen (secondary N) is 1. The predicted octanol–water partition coefficient (Wildman–Crippen LogP) is 2.81. The highest BCUT2D eigenvalue weighted by atomic mass is 16.5. The van der Waals surface area contributed by atoms with E-state index in [9.17, 15) is 0 Å². The minimum absolute atomic E-state index is 0.215. The monoisotopic (exact) mass is 261 g/mol. The van der Waals surface area contributed by atoms with Crippen molar-refractivity contribution in [3.05, 3.63) is 17.1 Å². The van der Waals surface area contributed by atoms with Crippen LogP contribution in [0.3, 0.4) is 0 Å². The topological polar surface area (TPSA) is 47.0 Å². The van der Waals surface area contributed by atoms with Crippen LogP contribution < -0.4 is 5.32 Å². The van der Waals surface area contributed by atoms with Crippen LogP contribution in [-0.4, -0.2) is 24.1 Å². The Morgan fingerprint density at radius 3 is 2.47 bits per heavy atom. The van der Waals surface area contributed by atoms with Gasteiger partial charge in [0.05, 0.1) is 0 Å². The van der Waals surface area contributed by atoms with Crippen LogP contribution in [0.1, 0.15) is 55.6 Å². The summed E-state index contributed by atoms with van der Waals surface area (Å²) >= 11 is 0. The first-order valence-corrected chi connectivity index (χ1v) is 7.42. The van der Waals surface area contributed by atoms with Crippen LogP contribution in [0.4, 0.5) is 5.82 Å². The fourth-order valence-corrected chi connectivity index (χ4v) is 3.20. The number of rotatable bonds is 3. The maximum Gasteiger partial charge on any atom is 0.162 e. The second-order valence-electron chi connectivity index (χ2n) is 5.68. The number of aryl methyl sites for hydroxylation is 1. The summed E-state index contributed by atoms with van der Waals surface area (Å²) in [7, 11) is 3.74. The van der Waals surface area contributed by atoms with E-state index in [1.807, 2.05) is 7.05 Å². The van der Waals surface area contributed by atoms with Crippen LogP contribution in [0.5, 0.6) is 0 Å². The van der Waals surface area contributed by atoms with Crippen molar-refractivity contribution in [2.75, 3.05) is 19.5 Å². The molecule has 1 saturated carbocycles. The molecule has 19 heavy (non-hydrogen) atoms. The number of hydrogen-bond donors (Lipinski definition) is 1. The Balaban J connectivity index is 2.05. The fourth-order valence-electron chi connectivity index (χ4n) is 3.20. The molecular formula is C15H23N3O. The normalized spacial score (nSPS) is 21.2. The molecule has 1 aromatic rings. The van der Waals surface area contributed by atoms with Gasteiger partial charge in [-0.2, -0.15) is 0 Å². The van der Waals surface area contributed by atoms with E-state index in [2.05, 4.69) is 5.32 Å². The van der Waals surface area contributed by atoms with E-state index in [0.29, 0.717) is 0 Å². The van der Waals surface area contributed by atoms with E-state index in [1.54, 1.807) is 7.11 Å². The van der Waals surface area contributed by atoms with E-state index in [0.717, 1.165) is 37.3 Å². The van der Waals surface area contributed by atoms with Gasteiger partial charge in [0.15, 0.2) is 5.82 Å². The summed E-state index contributed by atoms with van der Waals surface area (Å²) < 4.78 is 5.73. The molecule has 0 unspecified atom stereocenters. The average molecular weight is 261 g/mol. The molecule has 0 spiro atoms. The molecule has 0 bridgehead atoms. The predicted molar refractivity (Wildman–Crippen MR) is 75.4 cm³/mol. The molecule has 0 amide bonds. The molecule has 1 heterocycles. The Morgan fingerprint density at radius 2 is 1.84 bits per heavy atom. The molecule has 2 aliphatic rings. The largest absolute Gasteiger partial charge is 0.373 e. The maximum absolute atomic E-state index is 5.73. The van der Waals surface area contributed by atoms with Gasteiger partial charge < -0.3 is 10.1 Å². The lowest BCUT2D eigenvalue weighted by Crippen LogP contribution is -2.38. The van der Waals surface area contributed by atoms with Gasteiger partial charge in [-0.1, -0.05) is 6.42 Å². The third kappa shape index (κ3) is 2.12. The van der Waals surface area contributed by atoms with E-state index in [-0.39, 0.29) is 5.60 Å². The molecule has 0 atom stereocenters. The SMILES string of the molecule is CNc1nc(C2(OC)CCC2)nc2c1CCCCC2. The number of ether oxygens (including phenoxy) is 1. The highest BCUT2D eigenvalue weighted by Crippen LogP contribution is 2.43. The highest BCUT2D eigenvalue weighted by Gasteiger charge is 2.42. The minimum Gasteiger partial charge on any atom is -0.373 e. The summed E-state index contributed by atoms with van der Waals surface area (Å²) in [5, 5.41) is 3.26. The van der Waals surface area contributed by atoms with E-state index < -0.39 is 0 Å². The van der Waals surface area contributed by atoms with Crippen LogP contribution in [0, 0.1) is 0 Å². The van der Waals surface area contributed by atoms with Gasteiger partial charge in [0, 0.05) is 25.4 Å². The second kappa shape index (κ2) is 5.08. The van der Waals surface area contributed by atoms with Crippen molar-refractivity contribution < 1.29 is 4.74 Å². The quantitative estimate of drug-likeness (QED) is 0.850. The maximum atomic E-state index is 5.73. The van der Waals surface area contributed by atoms with Gasteiger partial charge in [0.1, 0.15) is 11.4 Å². The molecule has 4 heteroatoms. The molecule has 4 nitrogen and oxygen atoms in total. The van der Waals surface area contributed by atoms with Gasteiger partial charge >= 0.3 is 0 Å². The average Bonchev–Trinajstić information content (AvgIpc) is 2.62. The van der Waals surface area contributed by atoms with Crippen molar-refractivity contribution >= 4 is 5.82 Å². The summed E-state index contributed by atoms with van der Waals surface area (Å²) in [5.74, 6) is 1.91. The number of nitrogens with zero attached hydrogens (tertiary/aromatic N) is 2. The lowest BCUT2D eigenvalue weighted by atomic mass is 9.79. The van der Waals surface area contributed by atoms with Crippen molar-refractivity contribution in [2.24, 2.45) is 0 Å². The molecule has 1 aromatic heterocycles. The first-order chi connectivity index (χ1) is 9.29. The lowest BCUT2D eigenvalue weighted by Gasteiger charge is -2.39. The van der Waals surface area contributed by atoms with Gasteiger partial charge in [-0.15, -0.1) is 0 Å². The Hall–Kier alpha value is -1.16. The van der Waals surface area contributed by atoms with E-state index >= 15 is 0 Å². The second-order valence-corrected chi connectivity index (χ2v) is 5.68. The lowest BCUT2D eigenvalue weighted by molar-refractivity contribution is -0.0847. The summed E-state index contributed by atoms with van der Waals surface area (Å²) in [6.45, 7) is 0. The number of aromatic nitrogens is 2. The zero-order valence-corrected chi connectivity index (χ0v) is 12.0. The summed E-state index contributed by atoms with van der Waals surface area (Å²) in [4.78, 5) is 9.63. The Labute approximate surface area is 115 Å². The molecule has 1 fully saturated rings. The van der Waals surface area contributed by atoms with Crippen molar-refractivity contribution in [1.29, 1.82) is 0 Å². The molecule has 0 aliphatic heterocycles. The Bertz CT molecular complexity index is 463.